The van der Waals surface area contributed by atoms with Crippen molar-refractivity contribution in [1.29, 1.82) is 0 Å². The first kappa shape index (κ1) is 10.7. The van der Waals surface area contributed by atoms with Crippen molar-refractivity contribution in [3.8, 4) is 0 Å². The summed E-state index contributed by atoms with van der Waals surface area (Å²) in [6.45, 7) is 6.68. The van der Waals surface area contributed by atoms with Gasteiger partial charge in [-0.3, -0.25) is 0 Å². The van der Waals surface area contributed by atoms with Crippen LogP contribution in [0.4, 0.5) is 0 Å². The Bertz CT molecular complexity index is 340. The summed E-state index contributed by atoms with van der Waals surface area (Å²) in [7, 11) is 0. The third-order valence-electron chi connectivity index (χ3n) is 3.79. The van der Waals surface area contributed by atoms with Gasteiger partial charge in [-0.1, -0.05) is 13.8 Å². The maximum Gasteiger partial charge on any atom is 0.100 e. The van der Waals surface area contributed by atoms with E-state index in [-0.39, 0.29) is 0 Å². The average Bonchev–Trinajstić information content (AvgIpc) is 2.56. The highest BCUT2D eigenvalue weighted by Gasteiger charge is 2.36. The molecule has 1 aliphatic rings. The van der Waals surface area contributed by atoms with E-state index >= 15 is 0 Å². The molecule has 1 fully saturated rings. The zero-order chi connectivity index (χ0) is 11.1. The first-order valence-corrected chi connectivity index (χ1v) is 5.79. The van der Waals surface area contributed by atoms with Gasteiger partial charge >= 0.3 is 0 Å². The Kier molecular flexibility index (Phi) is 2.63. The van der Waals surface area contributed by atoms with Crippen molar-refractivity contribution in [3.05, 3.63) is 23.7 Å². The van der Waals surface area contributed by atoms with Crippen LogP contribution in [0.25, 0.3) is 0 Å². The van der Waals surface area contributed by atoms with Crippen LogP contribution in [0, 0.1) is 12.3 Å². The van der Waals surface area contributed by atoms with E-state index in [9.17, 15) is 0 Å². The van der Waals surface area contributed by atoms with Crippen molar-refractivity contribution in [1.82, 2.24) is 0 Å². The van der Waals surface area contributed by atoms with Crippen LogP contribution in [-0.4, -0.2) is 6.04 Å². The molecule has 2 heteroatoms. The maximum absolute atomic E-state index is 6.06. The van der Waals surface area contributed by atoms with Gasteiger partial charge in [0, 0.05) is 6.04 Å². The SMILES string of the molecule is Cc1cc(C2CC(N)CCC2(C)C)co1. The number of rotatable bonds is 1. The molecule has 1 aromatic rings. The molecule has 1 heterocycles. The third kappa shape index (κ3) is 2.10. The lowest BCUT2D eigenvalue weighted by Gasteiger charge is -2.40. The second-order valence-corrected chi connectivity index (χ2v) is 5.57. The minimum Gasteiger partial charge on any atom is -0.469 e. The summed E-state index contributed by atoms with van der Waals surface area (Å²) >= 11 is 0. The highest BCUT2D eigenvalue weighted by molar-refractivity contribution is 5.21. The summed E-state index contributed by atoms with van der Waals surface area (Å²) in [5, 5.41) is 0. The van der Waals surface area contributed by atoms with Crippen LogP contribution in [0.3, 0.4) is 0 Å². The van der Waals surface area contributed by atoms with Crippen molar-refractivity contribution >= 4 is 0 Å². The summed E-state index contributed by atoms with van der Waals surface area (Å²) in [5.41, 5.74) is 7.74. The molecule has 2 N–H and O–H groups in total. The minimum absolute atomic E-state index is 0.353. The smallest absolute Gasteiger partial charge is 0.100 e. The van der Waals surface area contributed by atoms with E-state index in [1.165, 1.54) is 12.0 Å². The Balaban J connectivity index is 2.25. The number of hydrogen-bond acceptors (Lipinski definition) is 2. The number of hydrogen-bond donors (Lipinski definition) is 1. The second kappa shape index (κ2) is 3.67. The van der Waals surface area contributed by atoms with Crippen LogP contribution < -0.4 is 5.73 Å². The van der Waals surface area contributed by atoms with Crippen LogP contribution in [-0.2, 0) is 0 Å². The first-order valence-electron chi connectivity index (χ1n) is 5.79. The van der Waals surface area contributed by atoms with E-state index in [4.69, 9.17) is 10.2 Å². The van der Waals surface area contributed by atoms with E-state index in [2.05, 4.69) is 19.9 Å². The number of nitrogens with two attached hydrogens (primary N) is 1. The molecule has 1 saturated carbocycles. The molecule has 15 heavy (non-hydrogen) atoms. The fraction of sp³-hybridized carbons (Fsp3) is 0.692. The van der Waals surface area contributed by atoms with Gasteiger partial charge in [-0.2, -0.15) is 0 Å². The topological polar surface area (TPSA) is 39.2 Å². The van der Waals surface area contributed by atoms with Gasteiger partial charge in [0.1, 0.15) is 5.76 Å². The lowest BCUT2D eigenvalue weighted by molar-refractivity contribution is 0.182. The molecular weight excluding hydrogens is 186 g/mol. The Labute approximate surface area is 91.8 Å². The van der Waals surface area contributed by atoms with Crippen molar-refractivity contribution in [2.45, 2.75) is 52.0 Å². The van der Waals surface area contributed by atoms with E-state index in [1.807, 2.05) is 13.2 Å². The molecule has 1 aliphatic carbocycles. The van der Waals surface area contributed by atoms with E-state index < -0.39 is 0 Å². The molecule has 2 nitrogen and oxygen atoms in total. The molecule has 0 saturated heterocycles. The van der Waals surface area contributed by atoms with E-state index in [0.29, 0.717) is 17.4 Å². The van der Waals surface area contributed by atoms with Gasteiger partial charge in [-0.05, 0) is 49.1 Å². The van der Waals surface area contributed by atoms with Gasteiger partial charge < -0.3 is 10.2 Å². The van der Waals surface area contributed by atoms with Gasteiger partial charge in [0.05, 0.1) is 6.26 Å². The standard InChI is InChI=1S/C13H21NO/c1-9-6-10(8-15-9)12-7-11(14)4-5-13(12,2)3/h6,8,11-12H,4-5,7,14H2,1-3H3. The predicted molar refractivity (Wildman–Crippen MR) is 61.8 cm³/mol. The molecule has 2 rings (SSSR count). The zero-order valence-electron chi connectivity index (χ0n) is 9.92. The molecular formula is C13H21NO. The highest BCUT2D eigenvalue weighted by Crippen LogP contribution is 2.46. The van der Waals surface area contributed by atoms with Crippen molar-refractivity contribution in [2.75, 3.05) is 0 Å². The second-order valence-electron chi connectivity index (χ2n) is 5.57. The maximum atomic E-state index is 6.06. The van der Waals surface area contributed by atoms with Gasteiger partial charge in [0.25, 0.3) is 0 Å². The van der Waals surface area contributed by atoms with Crippen LogP contribution in [0.15, 0.2) is 16.7 Å². The van der Waals surface area contributed by atoms with Crippen molar-refractivity contribution < 1.29 is 4.42 Å². The Morgan fingerprint density at radius 1 is 1.47 bits per heavy atom. The minimum atomic E-state index is 0.353. The molecule has 2 atom stereocenters. The third-order valence-corrected chi connectivity index (χ3v) is 3.79. The molecule has 2 unspecified atom stereocenters. The molecule has 0 aliphatic heterocycles. The summed E-state index contributed by atoms with van der Waals surface area (Å²) in [6.07, 6.45) is 5.36. The lowest BCUT2D eigenvalue weighted by atomic mass is 9.65. The first-order chi connectivity index (χ1) is 6.99. The summed E-state index contributed by atoms with van der Waals surface area (Å²) in [6, 6.07) is 2.52. The van der Waals surface area contributed by atoms with Crippen molar-refractivity contribution in [3.63, 3.8) is 0 Å². The number of furan rings is 1. The molecule has 84 valence electrons. The molecule has 0 spiro atoms. The van der Waals surface area contributed by atoms with Crippen LogP contribution in [0.5, 0.6) is 0 Å². The Morgan fingerprint density at radius 3 is 2.80 bits per heavy atom. The number of aryl methyl sites for hydroxylation is 1. The largest absolute Gasteiger partial charge is 0.469 e. The zero-order valence-corrected chi connectivity index (χ0v) is 9.92. The van der Waals surface area contributed by atoms with Gasteiger partial charge in [-0.25, -0.2) is 0 Å². The fourth-order valence-corrected chi connectivity index (χ4v) is 2.71. The van der Waals surface area contributed by atoms with Gasteiger partial charge in [0.2, 0.25) is 0 Å². The average molecular weight is 207 g/mol. The summed E-state index contributed by atoms with van der Waals surface area (Å²) in [5.74, 6) is 1.55. The van der Waals surface area contributed by atoms with Gasteiger partial charge in [0.15, 0.2) is 0 Å². The molecule has 0 amide bonds. The monoisotopic (exact) mass is 207 g/mol. The van der Waals surface area contributed by atoms with Crippen LogP contribution >= 0.6 is 0 Å². The quantitative estimate of drug-likeness (QED) is 0.768. The molecule has 0 bridgehead atoms. The van der Waals surface area contributed by atoms with Crippen LogP contribution in [0.2, 0.25) is 0 Å². The summed E-state index contributed by atoms with van der Waals surface area (Å²) in [4.78, 5) is 0. The molecule has 0 aromatic carbocycles. The van der Waals surface area contributed by atoms with Crippen molar-refractivity contribution in [2.24, 2.45) is 11.1 Å². The van der Waals surface area contributed by atoms with Crippen LogP contribution in [0.1, 0.15) is 50.4 Å². The van der Waals surface area contributed by atoms with E-state index in [1.54, 1.807) is 0 Å². The predicted octanol–water partition coefficient (Wildman–Crippen LogP) is 3.21. The van der Waals surface area contributed by atoms with E-state index in [0.717, 1.165) is 18.6 Å². The molecule has 1 aromatic heterocycles. The Morgan fingerprint density at radius 2 is 2.20 bits per heavy atom. The highest BCUT2D eigenvalue weighted by atomic mass is 16.3. The lowest BCUT2D eigenvalue weighted by Crippen LogP contribution is -2.36. The fourth-order valence-electron chi connectivity index (χ4n) is 2.71. The molecule has 0 radical (unpaired) electrons. The normalized spacial score (nSPS) is 30.4. The van der Waals surface area contributed by atoms with Gasteiger partial charge in [-0.15, -0.1) is 0 Å². The summed E-state index contributed by atoms with van der Waals surface area (Å²) < 4.78 is 5.41. The Hall–Kier alpha value is -0.760.